The molecule has 0 bridgehead atoms. The summed E-state index contributed by atoms with van der Waals surface area (Å²) in [5, 5.41) is 48.4. The molecule has 0 saturated carbocycles. The first kappa shape index (κ1) is 33.1. The molecule has 1 aromatic rings. The summed E-state index contributed by atoms with van der Waals surface area (Å²) in [4.78, 5) is 3.78. The number of aromatic nitrogens is 1. The Hall–Kier alpha value is -2.46. The Balaban J connectivity index is -0.000000138. The van der Waals surface area contributed by atoms with E-state index in [0.29, 0.717) is 0 Å². The molecule has 0 fully saturated rings. The smallest absolute Gasteiger partial charge is 0.792 e. The van der Waals surface area contributed by atoms with Crippen molar-refractivity contribution in [3.8, 4) is 0 Å². The molecule has 0 aliphatic carbocycles. The zero-order valence-corrected chi connectivity index (χ0v) is 18.0. The largest absolute Gasteiger partial charge is 3.00 e. The van der Waals surface area contributed by atoms with E-state index in [1.807, 2.05) is 18.2 Å². The maximum atomic E-state index is 9.60. The van der Waals surface area contributed by atoms with Gasteiger partial charge in [-0.2, -0.15) is 6.42 Å². The van der Waals surface area contributed by atoms with Crippen LogP contribution in [0, 0.1) is 27.8 Å². The fourth-order valence-corrected chi connectivity index (χ4v) is 0.827. The molecule has 0 N–H and O–H groups in total. The van der Waals surface area contributed by atoms with Gasteiger partial charge in [-0.25, -0.2) is 0 Å². The molecule has 0 spiro atoms. The molecule has 0 saturated heterocycles. The second-order valence-electron chi connectivity index (χ2n) is 4.94. The molecular formula is C18H28CoN5O4-2. The van der Waals surface area contributed by atoms with Gasteiger partial charge in [-0.3, -0.25) is 4.98 Å². The minimum Gasteiger partial charge on any atom is -0.792 e. The summed E-state index contributed by atoms with van der Waals surface area (Å²) in [6, 6.07) is 5.72. The maximum Gasteiger partial charge on any atom is 3.00 e. The van der Waals surface area contributed by atoms with Crippen molar-refractivity contribution in [2.24, 2.45) is 20.6 Å². The van der Waals surface area contributed by atoms with Crippen LogP contribution >= 0.6 is 0 Å². The second-order valence-corrected chi connectivity index (χ2v) is 4.94. The first-order valence-electron chi connectivity index (χ1n) is 8.18. The second kappa shape index (κ2) is 26.8. The van der Waals surface area contributed by atoms with Gasteiger partial charge < -0.3 is 48.4 Å². The Labute approximate surface area is 177 Å². The first-order valence-corrected chi connectivity index (χ1v) is 8.18. The average molecular weight is 437 g/mol. The number of hydrogen-bond acceptors (Lipinski definition) is 9. The molecule has 9 nitrogen and oxygen atoms in total. The Morgan fingerprint density at radius 2 is 1.07 bits per heavy atom. The molecular weight excluding hydrogens is 409 g/mol. The van der Waals surface area contributed by atoms with Gasteiger partial charge in [0.1, 0.15) is 0 Å². The molecule has 0 aromatic carbocycles. The summed E-state index contributed by atoms with van der Waals surface area (Å²) in [6.45, 7) is 11.6. The van der Waals surface area contributed by atoms with Crippen molar-refractivity contribution < 1.29 is 16.8 Å². The van der Waals surface area contributed by atoms with Crippen LogP contribution in [0.4, 0.5) is 0 Å². The van der Waals surface area contributed by atoms with Crippen LogP contribution in [0.15, 0.2) is 51.2 Å². The SMILES string of the molecule is CC(=N[O-])C(C)=N[O-].CC(=N[O-])C(C)=N[O-].[CH2-]CCCC.[Co+3].c1ccncc1. The summed E-state index contributed by atoms with van der Waals surface area (Å²) >= 11 is 0. The van der Waals surface area contributed by atoms with Gasteiger partial charge >= 0.3 is 16.8 Å². The fourth-order valence-electron chi connectivity index (χ4n) is 0.827. The van der Waals surface area contributed by atoms with Crippen LogP contribution in [-0.2, 0) is 16.8 Å². The molecule has 1 rings (SSSR count). The molecule has 10 heteroatoms. The van der Waals surface area contributed by atoms with Crippen molar-refractivity contribution in [2.45, 2.75) is 53.9 Å². The predicted molar refractivity (Wildman–Crippen MR) is 115 cm³/mol. The van der Waals surface area contributed by atoms with E-state index in [2.05, 4.69) is 39.5 Å². The summed E-state index contributed by atoms with van der Waals surface area (Å²) in [7, 11) is 0. The Morgan fingerprint density at radius 1 is 0.750 bits per heavy atom. The minimum atomic E-state index is 0. The van der Waals surface area contributed by atoms with Gasteiger partial charge in [0.05, 0.1) is 0 Å². The van der Waals surface area contributed by atoms with E-state index >= 15 is 0 Å². The third kappa shape index (κ3) is 25.8. The van der Waals surface area contributed by atoms with E-state index < -0.39 is 0 Å². The molecule has 0 aliphatic rings. The summed E-state index contributed by atoms with van der Waals surface area (Å²) in [5.41, 5.74) is 0.556. The van der Waals surface area contributed by atoms with Crippen LogP contribution in [0.5, 0.6) is 0 Å². The summed E-state index contributed by atoms with van der Waals surface area (Å²) in [5.74, 6) is 0. The van der Waals surface area contributed by atoms with Crippen LogP contribution < -0.4 is 0 Å². The molecule has 0 unspecified atom stereocenters. The number of unbranched alkanes of at least 4 members (excludes halogenated alkanes) is 2. The number of pyridine rings is 1. The van der Waals surface area contributed by atoms with E-state index in [9.17, 15) is 20.8 Å². The van der Waals surface area contributed by atoms with E-state index in [-0.39, 0.29) is 39.6 Å². The van der Waals surface area contributed by atoms with E-state index in [0.717, 1.165) is 6.42 Å². The van der Waals surface area contributed by atoms with E-state index in [4.69, 9.17) is 0 Å². The summed E-state index contributed by atoms with van der Waals surface area (Å²) < 4.78 is 0. The zero-order valence-electron chi connectivity index (χ0n) is 16.9. The predicted octanol–water partition coefficient (Wildman–Crippen LogP) is 4.90. The Kier molecular flexibility index (Phi) is 31.7. The third-order valence-electron chi connectivity index (χ3n) is 2.76. The topological polar surface area (TPSA) is 155 Å². The number of nitrogens with zero attached hydrogens (tertiary/aromatic N) is 5. The normalized spacial score (nSPS) is 11.4. The molecule has 0 amide bonds. The minimum absolute atomic E-state index is 0. The van der Waals surface area contributed by atoms with Crippen LogP contribution in [-0.4, -0.2) is 27.8 Å². The number of hydrogen-bond donors (Lipinski definition) is 0. The zero-order chi connectivity index (χ0) is 21.5. The van der Waals surface area contributed by atoms with Gasteiger partial charge in [-0.15, -0.1) is 0 Å². The molecule has 1 aromatic heterocycles. The molecule has 0 aliphatic heterocycles. The van der Waals surface area contributed by atoms with Crippen molar-refractivity contribution in [1.29, 1.82) is 0 Å². The Bertz CT molecular complexity index is 472. The van der Waals surface area contributed by atoms with Gasteiger partial charge in [0.15, 0.2) is 0 Å². The van der Waals surface area contributed by atoms with Gasteiger partial charge in [-0.05, 0) is 39.8 Å². The van der Waals surface area contributed by atoms with Crippen molar-refractivity contribution in [3.63, 3.8) is 0 Å². The van der Waals surface area contributed by atoms with Crippen LogP contribution in [0.1, 0.15) is 53.9 Å². The van der Waals surface area contributed by atoms with Gasteiger partial charge in [0.2, 0.25) is 0 Å². The standard InChI is InChI=1S/C5H5N.C5H11.2C4H8N2O2.Co/c1-2-4-6-5-3-1;1-3-5-4-2;2*1-3(5-7)4(2)6-8;/h1-5H;1,3-5H2,2H3;2*7-8H,1-2H3;/q;-1;;;+3/p-4. The van der Waals surface area contributed by atoms with Crippen LogP contribution in [0.25, 0.3) is 0 Å². The Morgan fingerprint density at radius 3 is 1.14 bits per heavy atom. The average Bonchev–Trinajstić information content (AvgIpc) is 2.74. The van der Waals surface area contributed by atoms with E-state index in [1.54, 1.807) is 12.4 Å². The van der Waals surface area contributed by atoms with Crippen molar-refractivity contribution in [2.75, 3.05) is 0 Å². The third-order valence-corrected chi connectivity index (χ3v) is 2.76. The van der Waals surface area contributed by atoms with Crippen LogP contribution in [0.3, 0.4) is 0 Å². The maximum absolute atomic E-state index is 9.60. The molecule has 1 heterocycles. The van der Waals surface area contributed by atoms with Crippen molar-refractivity contribution >= 4 is 22.8 Å². The quantitative estimate of drug-likeness (QED) is 0.372. The van der Waals surface area contributed by atoms with Gasteiger partial charge in [-0.1, -0.05) is 25.8 Å². The molecule has 28 heavy (non-hydrogen) atoms. The molecule has 0 atom stereocenters. The van der Waals surface area contributed by atoms with Crippen molar-refractivity contribution in [3.05, 3.63) is 58.3 Å². The van der Waals surface area contributed by atoms with E-state index in [1.165, 1.54) is 40.5 Å². The fraction of sp³-hybridized carbons (Fsp3) is 0.444. The van der Waals surface area contributed by atoms with Gasteiger partial charge in [0.25, 0.3) is 0 Å². The van der Waals surface area contributed by atoms with Crippen LogP contribution in [0.2, 0.25) is 0 Å². The van der Waals surface area contributed by atoms with Gasteiger partial charge in [0, 0.05) is 35.2 Å². The molecule has 0 radical (unpaired) electrons. The van der Waals surface area contributed by atoms with Crippen molar-refractivity contribution in [1.82, 2.24) is 4.98 Å². The molecule has 160 valence electrons. The first-order chi connectivity index (χ1) is 12.9. The summed E-state index contributed by atoms with van der Waals surface area (Å²) in [6.07, 6.45) is 7.15. The monoisotopic (exact) mass is 437 g/mol. The number of rotatable bonds is 4.